The highest BCUT2D eigenvalue weighted by molar-refractivity contribution is 7.90. The van der Waals surface area contributed by atoms with E-state index in [1.165, 1.54) is 36.8 Å². The maximum Gasteiger partial charge on any atom is 0.213 e. The van der Waals surface area contributed by atoms with E-state index in [-0.39, 0.29) is 5.25 Å². The second kappa shape index (κ2) is 7.60. The third-order valence-corrected chi connectivity index (χ3v) is 6.65. The Balaban J connectivity index is 1.85. The summed E-state index contributed by atoms with van der Waals surface area (Å²) in [5.41, 5.74) is 2.64. The van der Waals surface area contributed by atoms with Crippen molar-refractivity contribution < 1.29 is 8.42 Å². The van der Waals surface area contributed by atoms with Crippen molar-refractivity contribution in [2.45, 2.75) is 64.0 Å². The molecule has 0 atom stereocenters. The Morgan fingerprint density at radius 3 is 2.23 bits per heavy atom. The number of hydrogen-bond acceptors (Lipinski definition) is 2. The van der Waals surface area contributed by atoms with E-state index in [0.717, 1.165) is 12.3 Å². The van der Waals surface area contributed by atoms with Gasteiger partial charge in [-0.25, -0.2) is 13.1 Å². The SMILES string of the molecule is CC1CCC(c2ccc(CCNS(=O)(=O)C(C)C)cc2)CC1. The van der Waals surface area contributed by atoms with Gasteiger partial charge in [0.25, 0.3) is 0 Å². The molecule has 22 heavy (non-hydrogen) atoms. The van der Waals surface area contributed by atoms with Gasteiger partial charge >= 0.3 is 0 Å². The molecule has 1 aliphatic carbocycles. The largest absolute Gasteiger partial charge is 0.215 e. The summed E-state index contributed by atoms with van der Waals surface area (Å²) >= 11 is 0. The zero-order valence-electron chi connectivity index (χ0n) is 14.0. The summed E-state index contributed by atoms with van der Waals surface area (Å²) in [7, 11) is -3.15. The summed E-state index contributed by atoms with van der Waals surface area (Å²) in [5, 5.41) is -0.372. The monoisotopic (exact) mass is 323 g/mol. The van der Waals surface area contributed by atoms with Gasteiger partial charge in [0.15, 0.2) is 0 Å². The smallest absolute Gasteiger partial charge is 0.213 e. The van der Waals surface area contributed by atoms with Crippen molar-refractivity contribution in [3.8, 4) is 0 Å². The fourth-order valence-electron chi connectivity index (χ4n) is 3.05. The Labute approximate surface area is 135 Å². The van der Waals surface area contributed by atoms with Gasteiger partial charge in [0, 0.05) is 6.54 Å². The molecule has 0 aliphatic heterocycles. The molecule has 0 saturated heterocycles. The molecule has 3 nitrogen and oxygen atoms in total. The molecule has 1 fully saturated rings. The summed E-state index contributed by atoms with van der Waals surface area (Å²) in [6.45, 7) is 6.21. The van der Waals surface area contributed by atoms with Crippen LogP contribution in [0, 0.1) is 5.92 Å². The maximum absolute atomic E-state index is 11.7. The molecule has 2 rings (SSSR count). The van der Waals surface area contributed by atoms with E-state index in [4.69, 9.17) is 0 Å². The Morgan fingerprint density at radius 2 is 1.68 bits per heavy atom. The van der Waals surface area contributed by atoms with E-state index in [2.05, 4.69) is 35.9 Å². The number of sulfonamides is 1. The summed E-state index contributed by atoms with van der Waals surface area (Å²) in [6, 6.07) is 8.76. The normalized spacial score (nSPS) is 22.9. The minimum atomic E-state index is -3.15. The first-order valence-electron chi connectivity index (χ1n) is 8.46. The van der Waals surface area contributed by atoms with Crippen LogP contribution in [0.4, 0.5) is 0 Å². The number of rotatable bonds is 6. The Hall–Kier alpha value is -0.870. The lowest BCUT2D eigenvalue weighted by molar-refractivity contribution is 0.348. The fraction of sp³-hybridized carbons (Fsp3) is 0.667. The zero-order chi connectivity index (χ0) is 16.2. The van der Waals surface area contributed by atoms with Crippen LogP contribution in [-0.4, -0.2) is 20.2 Å². The van der Waals surface area contributed by atoms with Crippen LogP contribution in [0.3, 0.4) is 0 Å². The van der Waals surface area contributed by atoms with Crippen molar-refractivity contribution in [3.63, 3.8) is 0 Å². The molecule has 124 valence electrons. The van der Waals surface area contributed by atoms with E-state index < -0.39 is 10.0 Å². The van der Waals surface area contributed by atoms with Crippen LogP contribution < -0.4 is 4.72 Å². The lowest BCUT2D eigenvalue weighted by Crippen LogP contribution is -2.32. The summed E-state index contributed by atoms with van der Waals surface area (Å²) in [6.07, 6.45) is 6.02. The first kappa shape index (κ1) is 17.5. The van der Waals surface area contributed by atoms with Gasteiger partial charge in [-0.2, -0.15) is 0 Å². The minimum Gasteiger partial charge on any atom is -0.215 e. The van der Waals surface area contributed by atoms with Crippen molar-refractivity contribution in [1.82, 2.24) is 4.72 Å². The molecule has 1 aliphatic rings. The first-order chi connectivity index (χ1) is 10.4. The highest BCUT2D eigenvalue weighted by Gasteiger charge is 2.19. The molecule has 0 spiro atoms. The third kappa shape index (κ3) is 4.82. The van der Waals surface area contributed by atoms with Crippen LogP contribution in [0.25, 0.3) is 0 Å². The van der Waals surface area contributed by atoms with Gasteiger partial charge < -0.3 is 0 Å². The zero-order valence-corrected chi connectivity index (χ0v) is 14.8. The average molecular weight is 324 g/mol. The van der Waals surface area contributed by atoms with Gasteiger partial charge in [0.1, 0.15) is 0 Å². The second-order valence-electron chi connectivity index (χ2n) is 6.94. The van der Waals surface area contributed by atoms with E-state index in [0.29, 0.717) is 12.5 Å². The van der Waals surface area contributed by atoms with Crippen LogP contribution in [0.2, 0.25) is 0 Å². The summed E-state index contributed by atoms with van der Waals surface area (Å²) in [4.78, 5) is 0. The van der Waals surface area contributed by atoms with E-state index in [9.17, 15) is 8.42 Å². The van der Waals surface area contributed by atoms with Gasteiger partial charge in [-0.05, 0) is 56.1 Å². The lowest BCUT2D eigenvalue weighted by Gasteiger charge is -2.26. The van der Waals surface area contributed by atoms with Crippen LogP contribution >= 0.6 is 0 Å². The van der Waals surface area contributed by atoms with Crippen LogP contribution in [-0.2, 0) is 16.4 Å². The van der Waals surface area contributed by atoms with Gasteiger partial charge in [-0.3, -0.25) is 0 Å². The number of hydrogen-bond donors (Lipinski definition) is 1. The van der Waals surface area contributed by atoms with Gasteiger partial charge in [-0.15, -0.1) is 0 Å². The van der Waals surface area contributed by atoms with Gasteiger partial charge in [-0.1, -0.05) is 44.0 Å². The molecule has 0 bridgehead atoms. The molecule has 1 aromatic carbocycles. The van der Waals surface area contributed by atoms with Crippen LogP contribution in [0.1, 0.15) is 63.5 Å². The van der Waals surface area contributed by atoms with Crippen molar-refractivity contribution in [2.75, 3.05) is 6.54 Å². The minimum absolute atomic E-state index is 0.372. The molecule has 0 amide bonds. The van der Waals surface area contributed by atoms with Crippen LogP contribution in [0.15, 0.2) is 24.3 Å². The quantitative estimate of drug-likeness (QED) is 0.864. The van der Waals surface area contributed by atoms with Crippen molar-refractivity contribution in [2.24, 2.45) is 5.92 Å². The summed E-state index contributed by atoms with van der Waals surface area (Å²) in [5.74, 6) is 1.59. The molecule has 0 unspecified atom stereocenters. The van der Waals surface area contributed by atoms with E-state index >= 15 is 0 Å². The molecule has 4 heteroatoms. The highest BCUT2D eigenvalue weighted by atomic mass is 32.2. The predicted molar refractivity (Wildman–Crippen MR) is 92.6 cm³/mol. The van der Waals surface area contributed by atoms with Gasteiger partial charge in [0.2, 0.25) is 10.0 Å². The lowest BCUT2D eigenvalue weighted by atomic mass is 9.79. The molecule has 1 N–H and O–H groups in total. The molecular weight excluding hydrogens is 294 g/mol. The molecule has 1 aromatic rings. The van der Waals surface area contributed by atoms with Crippen molar-refractivity contribution >= 4 is 10.0 Å². The van der Waals surface area contributed by atoms with Crippen molar-refractivity contribution in [1.29, 1.82) is 0 Å². The maximum atomic E-state index is 11.7. The standard InChI is InChI=1S/C18H29NO2S/c1-14(2)22(20,21)19-13-12-16-6-10-18(11-7-16)17-8-4-15(3)5-9-17/h6-7,10-11,14-15,17,19H,4-5,8-9,12-13H2,1-3H3. The molecular formula is C18H29NO2S. The molecule has 0 aromatic heterocycles. The third-order valence-electron chi connectivity index (χ3n) is 4.80. The Morgan fingerprint density at radius 1 is 1.09 bits per heavy atom. The predicted octanol–water partition coefficient (Wildman–Crippen LogP) is 3.85. The fourth-order valence-corrected chi connectivity index (χ4v) is 3.77. The topological polar surface area (TPSA) is 46.2 Å². The first-order valence-corrected chi connectivity index (χ1v) is 10.0. The van der Waals surface area contributed by atoms with Crippen LogP contribution in [0.5, 0.6) is 0 Å². The number of benzene rings is 1. The highest BCUT2D eigenvalue weighted by Crippen LogP contribution is 2.35. The Bertz CT molecular complexity index is 555. The van der Waals surface area contributed by atoms with Crippen molar-refractivity contribution in [3.05, 3.63) is 35.4 Å². The number of nitrogens with one attached hydrogen (secondary N) is 1. The van der Waals surface area contributed by atoms with E-state index in [1.807, 2.05) is 0 Å². The summed E-state index contributed by atoms with van der Waals surface area (Å²) < 4.78 is 26.1. The molecule has 0 heterocycles. The molecule has 0 radical (unpaired) electrons. The molecule has 1 saturated carbocycles. The van der Waals surface area contributed by atoms with E-state index in [1.54, 1.807) is 13.8 Å². The Kier molecular flexibility index (Phi) is 6.04. The van der Waals surface area contributed by atoms with Gasteiger partial charge in [0.05, 0.1) is 5.25 Å². The average Bonchev–Trinajstić information content (AvgIpc) is 2.48. The second-order valence-corrected chi connectivity index (χ2v) is 9.26.